The van der Waals surface area contributed by atoms with Gasteiger partial charge in [0.25, 0.3) is 0 Å². The summed E-state index contributed by atoms with van der Waals surface area (Å²) >= 11 is 7.74. The van der Waals surface area contributed by atoms with Crippen LogP contribution in [0.5, 0.6) is 0 Å². The molecule has 2 rings (SSSR count). The predicted molar refractivity (Wildman–Crippen MR) is 81.7 cm³/mol. The highest BCUT2D eigenvalue weighted by Crippen LogP contribution is 2.19. The van der Waals surface area contributed by atoms with Crippen molar-refractivity contribution in [1.82, 2.24) is 9.55 Å². The highest BCUT2D eigenvalue weighted by atomic mass is 35.5. The number of hydrogen-bond acceptors (Lipinski definition) is 2. The Labute approximate surface area is 122 Å². The summed E-state index contributed by atoms with van der Waals surface area (Å²) in [4.78, 5) is 4.55. The van der Waals surface area contributed by atoms with E-state index in [1.165, 1.54) is 6.07 Å². The van der Waals surface area contributed by atoms with Gasteiger partial charge in [-0.3, -0.25) is 0 Å². The molecule has 0 atom stereocenters. The number of thioether (sulfide) groups is 1. The van der Waals surface area contributed by atoms with Crippen LogP contribution in [-0.4, -0.2) is 26.9 Å². The number of aryl methyl sites for hydroxylation is 2. The van der Waals surface area contributed by atoms with Crippen molar-refractivity contribution in [2.45, 2.75) is 26.3 Å². The summed E-state index contributed by atoms with van der Waals surface area (Å²) in [5.41, 5.74) is 1.73. The van der Waals surface area contributed by atoms with Crippen molar-refractivity contribution in [2.24, 2.45) is 0 Å². The Hall–Kier alpha value is -0.740. The standard InChI is InChI=1S/C14H18ClFN2S/c1-2-19-9-3-8-18-13-10-11(16)4-5-12(13)17-14(18)6-7-15/h4-5,10H,2-3,6-9H2,1H3. The molecule has 0 aliphatic carbocycles. The zero-order valence-electron chi connectivity index (χ0n) is 11.0. The van der Waals surface area contributed by atoms with Gasteiger partial charge in [-0.15, -0.1) is 11.6 Å². The largest absolute Gasteiger partial charge is 0.328 e. The van der Waals surface area contributed by atoms with E-state index in [4.69, 9.17) is 11.6 Å². The zero-order valence-corrected chi connectivity index (χ0v) is 12.6. The Morgan fingerprint density at radius 3 is 3.00 bits per heavy atom. The fraction of sp³-hybridized carbons (Fsp3) is 0.500. The maximum absolute atomic E-state index is 13.4. The molecule has 0 spiro atoms. The van der Waals surface area contributed by atoms with Crippen molar-refractivity contribution >= 4 is 34.4 Å². The molecule has 0 N–H and O–H groups in total. The van der Waals surface area contributed by atoms with Crippen LogP contribution < -0.4 is 0 Å². The lowest BCUT2D eigenvalue weighted by Gasteiger charge is -2.08. The van der Waals surface area contributed by atoms with Crippen molar-refractivity contribution in [3.8, 4) is 0 Å². The highest BCUT2D eigenvalue weighted by molar-refractivity contribution is 7.99. The smallest absolute Gasteiger partial charge is 0.125 e. The van der Waals surface area contributed by atoms with Crippen molar-refractivity contribution < 1.29 is 4.39 Å². The molecule has 0 saturated carbocycles. The topological polar surface area (TPSA) is 17.8 Å². The summed E-state index contributed by atoms with van der Waals surface area (Å²) < 4.78 is 15.5. The molecule has 0 aliphatic rings. The van der Waals surface area contributed by atoms with Crippen LogP contribution >= 0.6 is 23.4 Å². The Balaban J connectivity index is 2.25. The minimum Gasteiger partial charge on any atom is -0.328 e. The van der Waals surface area contributed by atoms with Gasteiger partial charge < -0.3 is 4.57 Å². The van der Waals surface area contributed by atoms with Crippen LogP contribution in [0.2, 0.25) is 0 Å². The molecule has 0 amide bonds. The molecule has 0 radical (unpaired) electrons. The Bertz CT molecular complexity index is 541. The first-order chi connectivity index (χ1) is 9.26. The van der Waals surface area contributed by atoms with Crippen LogP contribution in [0, 0.1) is 5.82 Å². The van der Waals surface area contributed by atoms with E-state index in [0.717, 1.165) is 47.7 Å². The average Bonchev–Trinajstić information content (AvgIpc) is 2.73. The van der Waals surface area contributed by atoms with Gasteiger partial charge in [0.05, 0.1) is 11.0 Å². The molecule has 1 heterocycles. The quantitative estimate of drug-likeness (QED) is 0.566. The summed E-state index contributed by atoms with van der Waals surface area (Å²) in [7, 11) is 0. The molecule has 0 saturated heterocycles. The van der Waals surface area contributed by atoms with Crippen LogP contribution in [0.1, 0.15) is 19.2 Å². The van der Waals surface area contributed by atoms with Gasteiger partial charge in [-0.05, 0) is 36.1 Å². The van der Waals surface area contributed by atoms with Gasteiger partial charge in [0.15, 0.2) is 0 Å². The van der Waals surface area contributed by atoms with E-state index in [2.05, 4.69) is 16.5 Å². The maximum atomic E-state index is 13.4. The number of imidazole rings is 1. The predicted octanol–water partition coefficient (Wildman–Crippen LogP) is 4.10. The maximum Gasteiger partial charge on any atom is 0.125 e. The van der Waals surface area contributed by atoms with E-state index in [0.29, 0.717) is 5.88 Å². The number of rotatable bonds is 7. The SMILES string of the molecule is CCSCCCn1c(CCCl)nc2ccc(F)cc21. The molecule has 1 aromatic heterocycles. The lowest BCUT2D eigenvalue weighted by Crippen LogP contribution is -2.05. The monoisotopic (exact) mass is 300 g/mol. The lowest BCUT2D eigenvalue weighted by molar-refractivity contribution is 0.625. The van der Waals surface area contributed by atoms with Crippen molar-refractivity contribution in [2.75, 3.05) is 17.4 Å². The first-order valence-electron chi connectivity index (χ1n) is 6.54. The lowest BCUT2D eigenvalue weighted by atomic mass is 10.3. The highest BCUT2D eigenvalue weighted by Gasteiger charge is 2.10. The van der Waals surface area contributed by atoms with Crippen molar-refractivity contribution in [3.05, 3.63) is 29.8 Å². The molecule has 0 aliphatic heterocycles. The molecule has 19 heavy (non-hydrogen) atoms. The van der Waals surface area contributed by atoms with Crippen LogP contribution in [-0.2, 0) is 13.0 Å². The molecule has 1 aromatic carbocycles. The van der Waals surface area contributed by atoms with Gasteiger partial charge in [-0.25, -0.2) is 9.37 Å². The van der Waals surface area contributed by atoms with Crippen LogP contribution in [0.25, 0.3) is 11.0 Å². The summed E-state index contributed by atoms with van der Waals surface area (Å²) in [6.45, 7) is 3.03. The zero-order chi connectivity index (χ0) is 13.7. The Morgan fingerprint density at radius 2 is 2.26 bits per heavy atom. The summed E-state index contributed by atoms with van der Waals surface area (Å²) in [6.07, 6.45) is 1.79. The Kier molecular flexibility index (Phi) is 5.52. The number of alkyl halides is 1. The van der Waals surface area contributed by atoms with Crippen molar-refractivity contribution in [1.29, 1.82) is 0 Å². The number of benzene rings is 1. The molecule has 0 fully saturated rings. The van der Waals surface area contributed by atoms with Crippen molar-refractivity contribution in [3.63, 3.8) is 0 Å². The first kappa shape index (κ1) is 14.7. The van der Waals surface area contributed by atoms with Gasteiger partial charge in [0.2, 0.25) is 0 Å². The summed E-state index contributed by atoms with van der Waals surface area (Å²) in [6, 6.07) is 4.75. The second kappa shape index (κ2) is 7.15. The number of halogens is 2. The first-order valence-corrected chi connectivity index (χ1v) is 8.23. The van der Waals surface area contributed by atoms with Gasteiger partial charge in [0, 0.05) is 18.8 Å². The van der Waals surface area contributed by atoms with Gasteiger partial charge in [-0.1, -0.05) is 6.92 Å². The number of fused-ring (bicyclic) bond motifs is 1. The van der Waals surface area contributed by atoms with E-state index in [1.807, 2.05) is 11.8 Å². The van der Waals surface area contributed by atoms with Gasteiger partial charge >= 0.3 is 0 Å². The third kappa shape index (κ3) is 3.63. The third-order valence-corrected chi connectivity index (χ3v) is 4.16. The van der Waals surface area contributed by atoms with Gasteiger partial charge in [-0.2, -0.15) is 11.8 Å². The minimum atomic E-state index is -0.214. The van der Waals surface area contributed by atoms with Crippen LogP contribution in [0.15, 0.2) is 18.2 Å². The fourth-order valence-corrected chi connectivity index (χ4v) is 2.93. The molecule has 0 unspecified atom stereocenters. The normalized spacial score (nSPS) is 11.3. The average molecular weight is 301 g/mol. The second-order valence-corrected chi connectivity index (χ2v) is 6.07. The molecule has 2 aromatic rings. The molecular weight excluding hydrogens is 283 g/mol. The van der Waals surface area contributed by atoms with Gasteiger partial charge in [0.1, 0.15) is 11.6 Å². The number of nitrogens with zero attached hydrogens (tertiary/aromatic N) is 2. The van der Waals surface area contributed by atoms with E-state index in [9.17, 15) is 4.39 Å². The fourth-order valence-electron chi connectivity index (χ4n) is 2.14. The minimum absolute atomic E-state index is 0.214. The number of hydrogen-bond donors (Lipinski definition) is 0. The van der Waals surface area contributed by atoms with E-state index in [-0.39, 0.29) is 5.82 Å². The molecule has 104 valence electrons. The van der Waals surface area contributed by atoms with E-state index < -0.39 is 0 Å². The molecular formula is C14H18ClFN2S. The Morgan fingerprint density at radius 1 is 1.42 bits per heavy atom. The van der Waals surface area contributed by atoms with E-state index in [1.54, 1.807) is 12.1 Å². The molecule has 5 heteroatoms. The second-order valence-electron chi connectivity index (χ2n) is 4.30. The molecule has 0 bridgehead atoms. The molecule has 2 nitrogen and oxygen atoms in total. The van der Waals surface area contributed by atoms with E-state index >= 15 is 0 Å². The van der Waals surface area contributed by atoms with Crippen LogP contribution in [0.4, 0.5) is 4.39 Å². The van der Waals surface area contributed by atoms with Crippen LogP contribution in [0.3, 0.4) is 0 Å². The summed E-state index contributed by atoms with van der Waals surface area (Å²) in [5, 5.41) is 0. The number of aromatic nitrogens is 2. The summed E-state index contributed by atoms with van der Waals surface area (Å²) in [5.74, 6) is 3.53. The third-order valence-electron chi connectivity index (χ3n) is 2.98.